The monoisotopic (exact) mass is 338 g/mol. The zero-order chi connectivity index (χ0) is 18.0. The molecule has 128 valence electrons. The lowest BCUT2D eigenvalue weighted by Gasteiger charge is -2.32. The number of ether oxygens (including phenoxy) is 1. The minimum atomic E-state index is -0.694. The third kappa shape index (κ3) is 3.52. The Kier molecular flexibility index (Phi) is 4.52. The van der Waals surface area contributed by atoms with Crippen molar-refractivity contribution < 1.29 is 19.1 Å². The molecule has 1 N–H and O–H groups in total. The van der Waals surface area contributed by atoms with Crippen LogP contribution >= 0.6 is 0 Å². The van der Waals surface area contributed by atoms with Gasteiger partial charge in [0.05, 0.1) is 5.69 Å². The first kappa shape index (κ1) is 16.7. The van der Waals surface area contributed by atoms with Crippen LogP contribution in [0.2, 0.25) is 0 Å². The number of hydrogen-bond acceptors (Lipinski definition) is 4. The molecule has 0 saturated carbocycles. The zero-order valence-corrected chi connectivity index (χ0v) is 14.0. The second-order valence-electron chi connectivity index (χ2n) is 5.84. The van der Waals surface area contributed by atoms with E-state index in [2.05, 4.69) is 5.32 Å². The molecule has 1 aliphatic rings. The lowest BCUT2D eigenvalue weighted by atomic mass is 10.1. The van der Waals surface area contributed by atoms with Crippen LogP contribution in [0.25, 0.3) is 0 Å². The van der Waals surface area contributed by atoms with Crippen molar-refractivity contribution in [3.8, 4) is 5.75 Å². The fourth-order valence-corrected chi connectivity index (χ4v) is 2.65. The summed E-state index contributed by atoms with van der Waals surface area (Å²) in [4.78, 5) is 37.8. The quantitative estimate of drug-likeness (QED) is 0.870. The van der Waals surface area contributed by atoms with E-state index >= 15 is 0 Å². The Hall–Kier alpha value is -3.15. The van der Waals surface area contributed by atoms with Crippen molar-refractivity contribution in [1.82, 2.24) is 0 Å². The van der Waals surface area contributed by atoms with Gasteiger partial charge in [0.2, 0.25) is 5.91 Å². The first-order chi connectivity index (χ1) is 12.0. The summed E-state index contributed by atoms with van der Waals surface area (Å²) in [6, 6.07) is 13.9. The van der Waals surface area contributed by atoms with Gasteiger partial charge >= 0.3 is 0 Å². The molecule has 2 amide bonds. The number of nitrogens with zero attached hydrogens (tertiary/aromatic N) is 1. The highest BCUT2D eigenvalue weighted by Gasteiger charge is 2.33. The zero-order valence-electron chi connectivity index (χ0n) is 14.0. The molecule has 0 fully saturated rings. The fourth-order valence-electron chi connectivity index (χ4n) is 2.65. The molecular weight excluding hydrogens is 320 g/mol. The number of anilines is 2. The Morgan fingerprint density at radius 2 is 1.88 bits per heavy atom. The minimum Gasteiger partial charge on any atom is -0.479 e. The number of ketones is 1. The Morgan fingerprint density at radius 3 is 2.56 bits per heavy atom. The Morgan fingerprint density at radius 1 is 1.16 bits per heavy atom. The Bertz CT molecular complexity index is 833. The Balaban J connectivity index is 1.87. The lowest BCUT2D eigenvalue weighted by Crippen LogP contribution is -2.47. The molecular formula is C19H18N2O4. The third-order valence-corrected chi connectivity index (χ3v) is 3.93. The normalized spacial score (nSPS) is 16.0. The number of benzene rings is 2. The van der Waals surface area contributed by atoms with Gasteiger partial charge in [0.1, 0.15) is 12.3 Å². The molecule has 0 radical (unpaired) electrons. The maximum Gasteiger partial charge on any atom is 0.268 e. The van der Waals surface area contributed by atoms with Crippen molar-refractivity contribution >= 4 is 29.0 Å². The molecule has 1 atom stereocenters. The van der Waals surface area contributed by atoms with Crippen LogP contribution in [0, 0.1) is 0 Å². The van der Waals surface area contributed by atoms with Gasteiger partial charge < -0.3 is 10.1 Å². The Labute approximate surface area is 145 Å². The van der Waals surface area contributed by atoms with Gasteiger partial charge in [0.25, 0.3) is 5.91 Å². The van der Waals surface area contributed by atoms with Crippen molar-refractivity contribution in [2.45, 2.75) is 20.0 Å². The van der Waals surface area contributed by atoms with Crippen LogP contribution in [0.1, 0.15) is 24.2 Å². The first-order valence-corrected chi connectivity index (χ1v) is 7.93. The number of nitrogens with one attached hydrogen (secondary N) is 1. The van der Waals surface area contributed by atoms with Crippen LogP contribution in [0.15, 0.2) is 48.5 Å². The SMILES string of the molecule is CC(=O)c1ccc2c(c1)N(CC(=O)Nc1ccccc1)C(=O)C(C)O2. The topological polar surface area (TPSA) is 75.7 Å². The van der Waals surface area contributed by atoms with Gasteiger partial charge in [0.15, 0.2) is 11.9 Å². The number of amides is 2. The summed E-state index contributed by atoms with van der Waals surface area (Å²) in [5.41, 5.74) is 1.54. The van der Waals surface area contributed by atoms with Gasteiger partial charge in [-0.15, -0.1) is 0 Å². The summed E-state index contributed by atoms with van der Waals surface area (Å²) in [5, 5.41) is 2.75. The van der Waals surface area contributed by atoms with Gasteiger partial charge in [-0.1, -0.05) is 18.2 Å². The van der Waals surface area contributed by atoms with E-state index in [1.54, 1.807) is 37.3 Å². The molecule has 2 aromatic carbocycles. The molecule has 0 spiro atoms. The molecule has 2 aromatic rings. The number of rotatable bonds is 4. The highest BCUT2D eigenvalue weighted by atomic mass is 16.5. The van der Waals surface area contributed by atoms with Gasteiger partial charge in [-0.05, 0) is 44.2 Å². The predicted molar refractivity (Wildman–Crippen MR) is 94.0 cm³/mol. The van der Waals surface area contributed by atoms with E-state index in [1.807, 2.05) is 18.2 Å². The van der Waals surface area contributed by atoms with E-state index in [-0.39, 0.29) is 24.1 Å². The highest BCUT2D eigenvalue weighted by molar-refractivity contribution is 6.07. The van der Waals surface area contributed by atoms with Gasteiger partial charge in [-0.3, -0.25) is 19.3 Å². The summed E-state index contributed by atoms with van der Waals surface area (Å²) in [5.74, 6) is -0.295. The molecule has 6 heteroatoms. The minimum absolute atomic E-state index is 0.123. The number of hydrogen-bond donors (Lipinski definition) is 1. The van der Waals surface area contributed by atoms with E-state index < -0.39 is 6.10 Å². The number of carbonyl (C=O) groups excluding carboxylic acids is 3. The average molecular weight is 338 g/mol. The van der Waals surface area contributed by atoms with Gasteiger partial charge in [-0.2, -0.15) is 0 Å². The number of Topliss-reactive ketones (excluding diaryl/α,β-unsaturated/α-hetero) is 1. The molecule has 0 aliphatic carbocycles. The van der Waals surface area contributed by atoms with Crippen molar-refractivity contribution in [2.24, 2.45) is 0 Å². The van der Waals surface area contributed by atoms with Crippen molar-refractivity contribution in [3.63, 3.8) is 0 Å². The summed E-state index contributed by atoms with van der Waals surface area (Å²) in [6.45, 7) is 2.92. The summed E-state index contributed by atoms with van der Waals surface area (Å²) >= 11 is 0. The summed E-state index contributed by atoms with van der Waals surface area (Å²) in [7, 11) is 0. The van der Waals surface area contributed by atoms with E-state index in [1.165, 1.54) is 11.8 Å². The van der Waals surface area contributed by atoms with Crippen LogP contribution < -0.4 is 15.0 Å². The second-order valence-corrected chi connectivity index (χ2v) is 5.84. The van der Waals surface area contributed by atoms with Crippen LogP contribution in [-0.4, -0.2) is 30.2 Å². The number of carbonyl (C=O) groups is 3. The molecule has 25 heavy (non-hydrogen) atoms. The second kappa shape index (κ2) is 6.76. The number of para-hydroxylation sites is 1. The lowest BCUT2D eigenvalue weighted by molar-refractivity contribution is -0.127. The largest absolute Gasteiger partial charge is 0.479 e. The molecule has 1 unspecified atom stereocenters. The van der Waals surface area contributed by atoms with E-state index in [0.717, 1.165) is 0 Å². The first-order valence-electron chi connectivity index (χ1n) is 7.93. The van der Waals surface area contributed by atoms with Crippen LogP contribution in [0.3, 0.4) is 0 Å². The van der Waals surface area contributed by atoms with E-state index in [4.69, 9.17) is 4.74 Å². The molecule has 1 aliphatic heterocycles. The van der Waals surface area contributed by atoms with Crippen LogP contribution in [-0.2, 0) is 9.59 Å². The smallest absolute Gasteiger partial charge is 0.268 e. The van der Waals surface area contributed by atoms with Crippen LogP contribution in [0.4, 0.5) is 11.4 Å². The molecule has 0 saturated heterocycles. The summed E-state index contributed by atoms with van der Waals surface area (Å²) in [6.07, 6.45) is -0.694. The maximum atomic E-state index is 12.5. The van der Waals surface area contributed by atoms with Crippen molar-refractivity contribution in [1.29, 1.82) is 0 Å². The van der Waals surface area contributed by atoms with E-state index in [0.29, 0.717) is 22.7 Å². The summed E-state index contributed by atoms with van der Waals surface area (Å²) < 4.78 is 5.57. The molecule has 3 rings (SSSR count). The van der Waals surface area contributed by atoms with Gasteiger partial charge in [-0.25, -0.2) is 0 Å². The molecule has 1 heterocycles. The van der Waals surface area contributed by atoms with Crippen molar-refractivity contribution in [2.75, 3.05) is 16.8 Å². The molecule has 0 bridgehead atoms. The van der Waals surface area contributed by atoms with E-state index in [9.17, 15) is 14.4 Å². The number of fused-ring (bicyclic) bond motifs is 1. The highest BCUT2D eigenvalue weighted by Crippen LogP contribution is 2.35. The van der Waals surface area contributed by atoms with Crippen molar-refractivity contribution in [3.05, 3.63) is 54.1 Å². The predicted octanol–water partition coefficient (Wildman–Crippen LogP) is 2.64. The standard InChI is InChI=1S/C19H18N2O4/c1-12(22)14-8-9-17-16(10-14)21(19(24)13(2)25-17)11-18(23)20-15-6-4-3-5-7-15/h3-10,13H,11H2,1-2H3,(H,20,23). The van der Waals surface area contributed by atoms with Gasteiger partial charge in [0, 0.05) is 11.3 Å². The van der Waals surface area contributed by atoms with Crippen LogP contribution in [0.5, 0.6) is 5.75 Å². The third-order valence-electron chi connectivity index (χ3n) is 3.93. The molecule has 0 aromatic heterocycles. The molecule has 6 nitrogen and oxygen atoms in total. The maximum absolute atomic E-state index is 12.5. The fraction of sp³-hybridized carbons (Fsp3) is 0.211. The average Bonchev–Trinajstić information content (AvgIpc) is 2.59.